The minimum Gasteiger partial charge on any atom is -0.463 e. The van der Waals surface area contributed by atoms with Gasteiger partial charge in [-0.05, 0) is 31.2 Å². The van der Waals surface area contributed by atoms with E-state index in [2.05, 4.69) is 15.5 Å². The lowest BCUT2D eigenvalue weighted by molar-refractivity contribution is -0.147. The molecule has 0 spiro atoms. The molecule has 0 bridgehead atoms. The van der Waals surface area contributed by atoms with Crippen molar-refractivity contribution in [3.63, 3.8) is 0 Å². The molecule has 9 heteroatoms. The van der Waals surface area contributed by atoms with Gasteiger partial charge >= 0.3 is 6.18 Å². The second kappa shape index (κ2) is 6.42. The number of para-hydroxylation sites is 2. The summed E-state index contributed by atoms with van der Waals surface area (Å²) in [5.74, 6) is -1.39. The fourth-order valence-electron chi connectivity index (χ4n) is 2.32. The van der Waals surface area contributed by atoms with Crippen molar-refractivity contribution in [3.05, 3.63) is 54.2 Å². The minimum absolute atomic E-state index is 0.165. The summed E-state index contributed by atoms with van der Waals surface area (Å²) in [4.78, 5) is 15.6. The van der Waals surface area contributed by atoms with Crippen LogP contribution < -0.4 is 5.43 Å². The lowest BCUT2D eigenvalue weighted by atomic mass is 10.3. The van der Waals surface area contributed by atoms with Gasteiger partial charge in [-0.15, -0.1) is 0 Å². The van der Waals surface area contributed by atoms with Gasteiger partial charge in [0.2, 0.25) is 5.82 Å². The number of carbonyl (C=O) groups excluding carboxylic acids is 1. The van der Waals surface area contributed by atoms with Gasteiger partial charge in [0, 0.05) is 0 Å². The van der Waals surface area contributed by atoms with Crippen LogP contribution in [0, 0.1) is 0 Å². The molecule has 0 fully saturated rings. The van der Waals surface area contributed by atoms with Crippen LogP contribution in [0.25, 0.3) is 11.0 Å². The van der Waals surface area contributed by atoms with E-state index in [0.29, 0.717) is 11.5 Å². The summed E-state index contributed by atoms with van der Waals surface area (Å²) in [5.41, 5.74) is 3.00. The molecule has 2 aromatic heterocycles. The van der Waals surface area contributed by atoms with Crippen molar-refractivity contribution < 1.29 is 22.4 Å². The number of fused-ring (bicyclic) bond motifs is 1. The lowest BCUT2D eigenvalue weighted by Gasteiger charge is -2.10. The van der Waals surface area contributed by atoms with Crippen molar-refractivity contribution >= 4 is 22.7 Å². The van der Waals surface area contributed by atoms with Crippen molar-refractivity contribution in [2.24, 2.45) is 5.10 Å². The standard InChI is InChI=1S/C16H13F3N4O2/c1-10(13-7-4-8-25-13)21-22-14(24)9-23-12-6-3-2-5-11(12)20-15(23)16(17,18)19/h2-8H,9H2,1H3,(H,22,24)/b21-10-. The number of nitrogens with one attached hydrogen (secondary N) is 1. The third-order valence-corrected chi connectivity index (χ3v) is 3.44. The number of aromatic nitrogens is 2. The molecule has 25 heavy (non-hydrogen) atoms. The molecule has 0 saturated carbocycles. The number of imidazole rings is 1. The monoisotopic (exact) mass is 350 g/mol. The van der Waals surface area contributed by atoms with Crippen molar-refractivity contribution in [2.75, 3.05) is 0 Å². The van der Waals surface area contributed by atoms with Crippen molar-refractivity contribution in [3.8, 4) is 0 Å². The fourth-order valence-corrected chi connectivity index (χ4v) is 2.32. The Bertz CT molecular complexity index is 927. The number of furan rings is 1. The van der Waals surface area contributed by atoms with E-state index < -0.39 is 24.5 Å². The Hall–Kier alpha value is -3.10. The Labute approximate surface area is 140 Å². The van der Waals surface area contributed by atoms with E-state index in [-0.39, 0.29) is 11.0 Å². The number of carbonyl (C=O) groups is 1. The van der Waals surface area contributed by atoms with Gasteiger partial charge in [0.15, 0.2) is 0 Å². The average molecular weight is 350 g/mol. The molecule has 130 valence electrons. The van der Waals surface area contributed by atoms with Gasteiger partial charge in [-0.2, -0.15) is 18.3 Å². The van der Waals surface area contributed by atoms with Crippen LogP contribution in [0.2, 0.25) is 0 Å². The predicted octanol–water partition coefficient (Wildman–Crippen LogP) is 3.19. The number of hydrogen-bond acceptors (Lipinski definition) is 4. The topological polar surface area (TPSA) is 72.4 Å². The smallest absolute Gasteiger partial charge is 0.449 e. The van der Waals surface area contributed by atoms with Crippen LogP contribution in [0.4, 0.5) is 13.2 Å². The number of alkyl halides is 3. The number of halogens is 3. The number of hydrogen-bond donors (Lipinski definition) is 1. The second-order valence-corrected chi connectivity index (χ2v) is 5.22. The van der Waals surface area contributed by atoms with E-state index >= 15 is 0 Å². The van der Waals surface area contributed by atoms with Crippen LogP contribution >= 0.6 is 0 Å². The fraction of sp³-hybridized carbons (Fsp3) is 0.188. The summed E-state index contributed by atoms with van der Waals surface area (Å²) < 4.78 is 45.5. The molecule has 0 aliphatic heterocycles. The normalized spacial score (nSPS) is 12.6. The van der Waals surface area contributed by atoms with Gasteiger partial charge in [0.1, 0.15) is 18.0 Å². The highest BCUT2D eigenvalue weighted by Crippen LogP contribution is 2.31. The summed E-state index contributed by atoms with van der Waals surface area (Å²) in [6, 6.07) is 9.40. The summed E-state index contributed by atoms with van der Waals surface area (Å²) >= 11 is 0. The molecule has 3 rings (SSSR count). The zero-order valence-electron chi connectivity index (χ0n) is 13.0. The first-order valence-corrected chi connectivity index (χ1v) is 7.26. The predicted molar refractivity (Wildman–Crippen MR) is 83.8 cm³/mol. The molecule has 1 aromatic carbocycles. The third kappa shape index (κ3) is 3.54. The van der Waals surface area contributed by atoms with Crippen LogP contribution in [-0.4, -0.2) is 21.2 Å². The zero-order valence-corrected chi connectivity index (χ0v) is 13.0. The number of benzene rings is 1. The molecule has 0 saturated heterocycles. The quantitative estimate of drug-likeness (QED) is 0.580. The van der Waals surface area contributed by atoms with Crippen LogP contribution in [0.3, 0.4) is 0 Å². The largest absolute Gasteiger partial charge is 0.463 e. The lowest BCUT2D eigenvalue weighted by Crippen LogP contribution is -2.27. The molecule has 6 nitrogen and oxygen atoms in total. The van der Waals surface area contributed by atoms with Gasteiger partial charge in [0.05, 0.1) is 17.3 Å². The number of nitrogens with zero attached hydrogens (tertiary/aromatic N) is 3. The van der Waals surface area contributed by atoms with Gasteiger partial charge in [0.25, 0.3) is 5.91 Å². The molecule has 1 amide bonds. The number of hydrazone groups is 1. The van der Waals surface area contributed by atoms with E-state index in [0.717, 1.165) is 4.57 Å². The van der Waals surface area contributed by atoms with E-state index in [4.69, 9.17) is 4.42 Å². The van der Waals surface area contributed by atoms with Crippen molar-refractivity contribution in [1.82, 2.24) is 15.0 Å². The van der Waals surface area contributed by atoms with Crippen LogP contribution in [0.15, 0.2) is 52.2 Å². The van der Waals surface area contributed by atoms with Crippen LogP contribution in [-0.2, 0) is 17.5 Å². The maximum atomic E-state index is 13.2. The van der Waals surface area contributed by atoms with Gasteiger partial charge in [-0.3, -0.25) is 4.79 Å². The van der Waals surface area contributed by atoms with E-state index in [9.17, 15) is 18.0 Å². The SMILES string of the molecule is C/C(=N/NC(=O)Cn1c(C(F)(F)F)nc2ccccc21)c1ccco1. The van der Waals surface area contributed by atoms with Crippen molar-refractivity contribution in [1.29, 1.82) is 0 Å². The molecule has 0 radical (unpaired) electrons. The summed E-state index contributed by atoms with van der Waals surface area (Å²) in [7, 11) is 0. The first-order valence-electron chi connectivity index (χ1n) is 7.26. The zero-order chi connectivity index (χ0) is 18.0. The van der Waals surface area contributed by atoms with Crippen LogP contribution in [0.5, 0.6) is 0 Å². The maximum absolute atomic E-state index is 13.2. The summed E-state index contributed by atoms with van der Waals surface area (Å²) in [5, 5.41) is 3.83. The van der Waals surface area contributed by atoms with Gasteiger partial charge in [-0.25, -0.2) is 10.4 Å². The molecule has 0 unspecified atom stereocenters. The molecule has 3 aromatic rings. The molecule has 0 atom stereocenters. The maximum Gasteiger partial charge on any atom is 0.449 e. The van der Waals surface area contributed by atoms with Gasteiger partial charge < -0.3 is 8.98 Å². The summed E-state index contributed by atoms with van der Waals surface area (Å²) in [6.45, 7) is 1.04. The van der Waals surface area contributed by atoms with E-state index in [1.54, 1.807) is 31.2 Å². The molecule has 2 heterocycles. The average Bonchev–Trinajstić information content (AvgIpc) is 3.20. The molecule has 1 N–H and O–H groups in total. The Morgan fingerprint density at radius 1 is 1.28 bits per heavy atom. The highest BCUT2D eigenvalue weighted by molar-refractivity contribution is 5.96. The molecule has 0 aliphatic rings. The Balaban J connectivity index is 1.85. The van der Waals surface area contributed by atoms with Gasteiger partial charge in [-0.1, -0.05) is 12.1 Å². The Morgan fingerprint density at radius 2 is 2.04 bits per heavy atom. The second-order valence-electron chi connectivity index (χ2n) is 5.22. The molecule has 0 aliphatic carbocycles. The minimum atomic E-state index is -4.67. The third-order valence-electron chi connectivity index (χ3n) is 3.44. The highest BCUT2D eigenvalue weighted by atomic mass is 19.4. The first-order chi connectivity index (χ1) is 11.9. The van der Waals surface area contributed by atoms with E-state index in [1.807, 2.05) is 0 Å². The Kier molecular flexibility index (Phi) is 4.30. The molecular formula is C16H13F3N4O2. The molecular weight excluding hydrogens is 337 g/mol. The van der Waals surface area contributed by atoms with Crippen molar-refractivity contribution in [2.45, 2.75) is 19.6 Å². The number of amides is 1. The highest BCUT2D eigenvalue weighted by Gasteiger charge is 2.37. The van der Waals surface area contributed by atoms with E-state index in [1.165, 1.54) is 18.4 Å². The first kappa shape index (κ1) is 16.7. The Morgan fingerprint density at radius 3 is 2.72 bits per heavy atom. The summed E-state index contributed by atoms with van der Waals surface area (Å²) in [6.07, 6.45) is -3.23. The number of rotatable bonds is 4. The van der Waals surface area contributed by atoms with Crippen LogP contribution in [0.1, 0.15) is 18.5 Å².